The Morgan fingerprint density at radius 3 is 2.52 bits per heavy atom. The van der Waals surface area contributed by atoms with Crippen LogP contribution in [0.1, 0.15) is 42.7 Å². The first kappa shape index (κ1) is 14.1. The van der Waals surface area contributed by atoms with Crippen LogP contribution in [0.3, 0.4) is 0 Å². The topological polar surface area (TPSA) is 49.4 Å². The highest BCUT2D eigenvalue weighted by Crippen LogP contribution is 2.30. The summed E-state index contributed by atoms with van der Waals surface area (Å²) in [6.45, 7) is 3.75. The number of carbonyl (C=O) groups excluding carboxylic acids is 2. The van der Waals surface area contributed by atoms with Crippen LogP contribution in [0.5, 0.6) is 0 Å². The van der Waals surface area contributed by atoms with Crippen molar-refractivity contribution in [3.63, 3.8) is 0 Å². The Balaban J connectivity index is 1.59. The monoisotopic (exact) mass is 286 g/mol. The smallest absolute Gasteiger partial charge is 0.245 e. The van der Waals surface area contributed by atoms with E-state index in [1.165, 1.54) is 11.1 Å². The lowest BCUT2D eigenvalue weighted by molar-refractivity contribution is -0.135. The van der Waals surface area contributed by atoms with Crippen LogP contribution in [0.2, 0.25) is 0 Å². The number of likely N-dealkylation sites (tertiary alicyclic amines) is 1. The molecular weight excluding hydrogens is 264 g/mol. The van der Waals surface area contributed by atoms with Gasteiger partial charge in [0.25, 0.3) is 0 Å². The first-order valence-electron chi connectivity index (χ1n) is 7.79. The van der Waals surface area contributed by atoms with E-state index in [4.69, 9.17) is 0 Å². The SMILES string of the molecule is Cc1ccccc1C1CCN(C(=O)C2CCC(=O)N2)CC1. The van der Waals surface area contributed by atoms with Crippen molar-refractivity contribution in [1.82, 2.24) is 10.2 Å². The quantitative estimate of drug-likeness (QED) is 0.904. The first-order chi connectivity index (χ1) is 10.1. The molecule has 4 nitrogen and oxygen atoms in total. The van der Waals surface area contributed by atoms with Crippen LogP contribution >= 0.6 is 0 Å². The van der Waals surface area contributed by atoms with Crippen molar-refractivity contribution in [3.05, 3.63) is 35.4 Å². The molecule has 0 radical (unpaired) electrons. The number of hydrogen-bond acceptors (Lipinski definition) is 2. The summed E-state index contributed by atoms with van der Waals surface area (Å²) >= 11 is 0. The Bertz CT molecular complexity index is 547. The zero-order chi connectivity index (χ0) is 14.8. The number of rotatable bonds is 2. The zero-order valence-corrected chi connectivity index (χ0v) is 12.5. The van der Waals surface area contributed by atoms with E-state index in [9.17, 15) is 9.59 Å². The predicted octanol–water partition coefficient (Wildman–Crippen LogP) is 1.98. The Labute approximate surface area is 125 Å². The van der Waals surface area contributed by atoms with Gasteiger partial charge in [0.15, 0.2) is 0 Å². The van der Waals surface area contributed by atoms with Gasteiger partial charge < -0.3 is 10.2 Å². The molecule has 1 aromatic carbocycles. The molecule has 1 N–H and O–H groups in total. The van der Waals surface area contributed by atoms with Gasteiger partial charge in [-0.1, -0.05) is 24.3 Å². The summed E-state index contributed by atoms with van der Waals surface area (Å²) < 4.78 is 0. The lowest BCUT2D eigenvalue weighted by Gasteiger charge is -2.34. The Hall–Kier alpha value is -1.84. The third kappa shape index (κ3) is 2.94. The van der Waals surface area contributed by atoms with E-state index in [1.807, 2.05) is 4.90 Å². The fourth-order valence-corrected chi connectivity index (χ4v) is 3.48. The number of benzene rings is 1. The molecule has 0 saturated carbocycles. The molecule has 112 valence electrons. The van der Waals surface area contributed by atoms with E-state index in [-0.39, 0.29) is 17.9 Å². The average molecular weight is 286 g/mol. The Kier molecular flexibility index (Phi) is 3.95. The molecule has 2 aliphatic heterocycles. The van der Waals surface area contributed by atoms with Gasteiger partial charge in [-0.05, 0) is 43.2 Å². The largest absolute Gasteiger partial charge is 0.344 e. The molecule has 2 fully saturated rings. The number of amides is 2. The summed E-state index contributed by atoms with van der Waals surface area (Å²) in [7, 11) is 0. The fourth-order valence-electron chi connectivity index (χ4n) is 3.48. The van der Waals surface area contributed by atoms with Crippen LogP contribution in [0.4, 0.5) is 0 Å². The van der Waals surface area contributed by atoms with Gasteiger partial charge in [0, 0.05) is 19.5 Å². The zero-order valence-electron chi connectivity index (χ0n) is 12.5. The van der Waals surface area contributed by atoms with E-state index >= 15 is 0 Å². The first-order valence-corrected chi connectivity index (χ1v) is 7.79. The fraction of sp³-hybridized carbons (Fsp3) is 0.529. The third-order valence-corrected chi connectivity index (χ3v) is 4.73. The van der Waals surface area contributed by atoms with Gasteiger partial charge in [-0.3, -0.25) is 9.59 Å². The van der Waals surface area contributed by atoms with Crippen molar-refractivity contribution >= 4 is 11.8 Å². The Morgan fingerprint density at radius 2 is 1.90 bits per heavy atom. The van der Waals surface area contributed by atoms with Gasteiger partial charge in [0.2, 0.25) is 11.8 Å². The van der Waals surface area contributed by atoms with E-state index in [1.54, 1.807) is 0 Å². The summed E-state index contributed by atoms with van der Waals surface area (Å²) in [6.07, 6.45) is 3.15. The van der Waals surface area contributed by atoms with Crippen molar-refractivity contribution in [1.29, 1.82) is 0 Å². The second-order valence-corrected chi connectivity index (χ2v) is 6.11. The van der Waals surface area contributed by atoms with E-state index in [0.717, 1.165) is 25.9 Å². The van der Waals surface area contributed by atoms with Gasteiger partial charge in [-0.25, -0.2) is 0 Å². The number of piperidine rings is 1. The van der Waals surface area contributed by atoms with Crippen molar-refractivity contribution in [2.24, 2.45) is 0 Å². The second-order valence-electron chi connectivity index (χ2n) is 6.11. The van der Waals surface area contributed by atoms with Gasteiger partial charge in [-0.2, -0.15) is 0 Å². The summed E-state index contributed by atoms with van der Waals surface area (Å²) in [5.41, 5.74) is 2.75. The molecule has 4 heteroatoms. The minimum absolute atomic E-state index is 0.00291. The third-order valence-electron chi connectivity index (χ3n) is 4.73. The van der Waals surface area contributed by atoms with Crippen LogP contribution in [0.15, 0.2) is 24.3 Å². The van der Waals surface area contributed by atoms with Gasteiger partial charge in [0.05, 0.1) is 0 Å². The molecule has 3 rings (SSSR count). The molecule has 2 aliphatic rings. The number of hydrogen-bond donors (Lipinski definition) is 1. The average Bonchev–Trinajstić information content (AvgIpc) is 2.94. The molecule has 1 unspecified atom stereocenters. The molecule has 0 aliphatic carbocycles. The summed E-state index contributed by atoms with van der Waals surface area (Å²) in [4.78, 5) is 25.5. The predicted molar refractivity (Wildman–Crippen MR) is 80.9 cm³/mol. The van der Waals surface area contributed by atoms with E-state index < -0.39 is 0 Å². The Morgan fingerprint density at radius 1 is 1.19 bits per heavy atom. The normalized spacial score (nSPS) is 23.2. The van der Waals surface area contributed by atoms with Crippen molar-refractivity contribution < 1.29 is 9.59 Å². The molecule has 21 heavy (non-hydrogen) atoms. The highest BCUT2D eigenvalue weighted by Gasteiger charge is 2.32. The minimum Gasteiger partial charge on any atom is -0.344 e. The maximum Gasteiger partial charge on any atom is 0.245 e. The highest BCUT2D eigenvalue weighted by molar-refractivity contribution is 5.90. The van der Waals surface area contributed by atoms with E-state index in [2.05, 4.69) is 36.5 Å². The number of nitrogens with zero attached hydrogens (tertiary/aromatic N) is 1. The minimum atomic E-state index is -0.285. The van der Waals surface area contributed by atoms with Crippen molar-refractivity contribution in [2.45, 2.75) is 44.6 Å². The highest BCUT2D eigenvalue weighted by atomic mass is 16.2. The molecule has 1 aromatic rings. The second kappa shape index (κ2) is 5.88. The van der Waals surface area contributed by atoms with E-state index in [0.29, 0.717) is 18.8 Å². The lowest BCUT2D eigenvalue weighted by atomic mass is 9.87. The van der Waals surface area contributed by atoms with Crippen LogP contribution in [-0.4, -0.2) is 35.8 Å². The molecule has 2 heterocycles. The van der Waals surface area contributed by atoms with Crippen LogP contribution in [0, 0.1) is 6.92 Å². The van der Waals surface area contributed by atoms with Crippen molar-refractivity contribution in [3.8, 4) is 0 Å². The summed E-state index contributed by atoms with van der Waals surface area (Å²) in [5.74, 6) is 0.653. The summed E-state index contributed by atoms with van der Waals surface area (Å²) in [5, 5.41) is 2.77. The number of nitrogens with one attached hydrogen (secondary N) is 1. The van der Waals surface area contributed by atoms with Crippen LogP contribution in [0.25, 0.3) is 0 Å². The summed E-state index contributed by atoms with van der Waals surface area (Å²) in [6, 6.07) is 8.23. The number of carbonyl (C=O) groups is 2. The molecule has 0 bridgehead atoms. The molecule has 0 spiro atoms. The van der Waals surface area contributed by atoms with Gasteiger partial charge in [0.1, 0.15) is 6.04 Å². The van der Waals surface area contributed by atoms with Crippen LogP contribution in [-0.2, 0) is 9.59 Å². The molecule has 1 atom stereocenters. The van der Waals surface area contributed by atoms with Gasteiger partial charge in [-0.15, -0.1) is 0 Å². The van der Waals surface area contributed by atoms with Gasteiger partial charge >= 0.3 is 0 Å². The molecule has 0 aromatic heterocycles. The number of aryl methyl sites for hydroxylation is 1. The molecule has 2 saturated heterocycles. The molecule has 2 amide bonds. The standard InChI is InChI=1S/C17H22N2O2/c1-12-4-2-3-5-14(12)13-8-10-19(11-9-13)17(21)15-6-7-16(20)18-15/h2-5,13,15H,6-11H2,1H3,(H,18,20). The molecular formula is C17H22N2O2. The maximum atomic E-state index is 12.4. The van der Waals surface area contributed by atoms with Crippen LogP contribution < -0.4 is 5.32 Å². The maximum absolute atomic E-state index is 12.4. The lowest BCUT2D eigenvalue weighted by Crippen LogP contribution is -2.47. The van der Waals surface area contributed by atoms with Crippen molar-refractivity contribution in [2.75, 3.05) is 13.1 Å².